The molecule has 0 aliphatic carbocycles. The molecule has 4 rings (SSSR count). The minimum atomic E-state index is 0.887. The van der Waals surface area contributed by atoms with Gasteiger partial charge in [-0.05, 0) is 102 Å². The van der Waals surface area contributed by atoms with Crippen LogP contribution in [0.4, 0.5) is 0 Å². The van der Waals surface area contributed by atoms with E-state index in [0.29, 0.717) is 0 Å². The normalized spacial score (nSPS) is 9.47. The van der Waals surface area contributed by atoms with Crippen molar-refractivity contribution in [2.45, 2.75) is 0 Å². The minimum absolute atomic E-state index is 0.887. The molecular formula is C24H12I4N2. The van der Waals surface area contributed by atoms with E-state index in [0.717, 1.165) is 32.7 Å². The molecule has 2 aromatic heterocycles. The molecule has 30 heavy (non-hydrogen) atoms. The minimum Gasteiger partial charge on any atom is -0.263 e. The van der Waals surface area contributed by atoms with Crippen molar-refractivity contribution in [1.29, 1.82) is 0 Å². The Kier molecular flexibility index (Phi) is 9.62. The molecule has 0 aliphatic rings. The number of halogens is 4. The van der Waals surface area contributed by atoms with Crippen LogP contribution in [0, 0.1) is 23.7 Å². The first-order valence-electron chi connectivity index (χ1n) is 8.60. The van der Waals surface area contributed by atoms with Crippen LogP contribution in [0.5, 0.6) is 0 Å². The predicted molar refractivity (Wildman–Crippen MR) is 160 cm³/mol. The largest absolute Gasteiger partial charge is 0.263 e. The third kappa shape index (κ3) is 6.77. The molecule has 0 radical (unpaired) electrons. The lowest BCUT2D eigenvalue weighted by atomic mass is 10.1. The summed E-state index contributed by atoms with van der Waals surface area (Å²) in [7, 11) is 0. The Bertz CT molecular complexity index is 1230. The lowest BCUT2D eigenvalue weighted by Gasteiger charge is -1.98. The van der Waals surface area contributed by atoms with Crippen molar-refractivity contribution in [3.63, 3.8) is 0 Å². The van der Waals surface area contributed by atoms with E-state index in [1.54, 1.807) is 12.4 Å². The van der Waals surface area contributed by atoms with Gasteiger partial charge >= 0.3 is 0 Å². The monoisotopic (exact) mass is 836 g/mol. The van der Waals surface area contributed by atoms with Gasteiger partial charge in [0.2, 0.25) is 0 Å². The Labute approximate surface area is 230 Å². The summed E-state index contributed by atoms with van der Waals surface area (Å²) in [6.07, 6.45) is 7.23. The predicted octanol–water partition coefficient (Wildman–Crippen LogP) is 8.04. The highest BCUT2D eigenvalue weighted by molar-refractivity contribution is 14.2. The summed E-state index contributed by atoms with van der Waals surface area (Å²) in [5.41, 5.74) is 1.77. The highest BCUT2D eigenvalue weighted by Gasteiger charge is 1.98. The zero-order valence-corrected chi connectivity index (χ0v) is 24.0. The summed E-state index contributed by atoms with van der Waals surface area (Å²) >= 11 is 9.13. The Morgan fingerprint density at radius 3 is 1.37 bits per heavy atom. The van der Waals surface area contributed by atoms with Crippen LogP contribution in [-0.2, 0) is 0 Å². The third-order valence-corrected chi connectivity index (χ3v) is 10.2. The fraction of sp³-hybridized carbons (Fsp3) is 0. The Morgan fingerprint density at radius 2 is 0.967 bits per heavy atom. The molecule has 0 atom stereocenters. The SMILES string of the molecule is C(C#Cc1cncc2ccccc12)#Cc1cncc2ccccc12.IC(I)=C(I)I. The first-order chi connectivity index (χ1) is 14.6. The molecule has 0 saturated carbocycles. The summed E-state index contributed by atoms with van der Waals surface area (Å²) in [5.74, 6) is 12.1. The van der Waals surface area contributed by atoms with Gasteiger partial charge in [0.05, 0.1) is 14.3 Å². The van der Waals surface area contributed by atoms with E-state index in [-0.39, 0.29) is 0 Å². The number of aromatic nitrogens is 2. The molecule has 0 amide bonds. The van der Waals surface area contributed by atoms with Crippen molar-refractivity contribution in [3.05, 3.63) is 87.6 Å². The molecular weight excluding hydrogens is 824 g/mol. The third-order valence-electron chi connectivity index (χ3n) is 3.94. The van der Waals surface area contributed by atoms with Gasteiger partial charge in [-0.25, -0.2) is 0 Å². The fourth-order valence-electron chi connectivity index (χ4n) is 2.63. The van der Waals surface area contributed by atoms with Crippen LogP contribution in [0.15, 0.2) is 76.5 Å². The van der Waals surface area contributed by atoms with Crippen molar-refractivity contribution in [2.24, 2.45) is 0 Å². The number of hydrogen-bond acceptors (Lipinski definition) is 2. The molecule has 0 N–H and O–H groups in total. The van der Waals surface area contributed by atoms with E-state index < -0.39 is 0 Å². The Balaban J connectivity index is 0.000000377. The van der Waals surface area contributed by atoms with Crippen LogP contribution < -0.4 is 0 Å². The summed E-state index contributed by atoms with van der Waals surface area (Å²) in [4.78, 5) is 8.46. The molecule has 0 fully saturated rings. The van der Waals surface area contributed by atoms with Crippen LogP contribution in [-0.4, -0.2) is 9.97 Å². The van der Waals surface area contributed by atoms with E-state index in [2.05, 4.69) is 124 Å². The fourth-order valence-corrected chi connectivity index (χ4v) is 2.63. The second-order valence-corrected chi connectivity index (χ2v) is 14.3. The summed E-state index contributed by atoms with van der Waals surface area (Å²) < 4.78 is 2.68. The Morgan fingerprint density at radius 1 is 0.567 bits per heavy atom. The van der Waals surface area contributed by atoms with Crippen molar-refractivity contribution < 1.29 is 0 Å². The lowest BCUT2D eigenvalue weighted by Crippen LogP contribution is -1.82. The van der Waals surface area contributed by atoms with E-state index in [1.165, 1.54) is 3.17 Å². The second kappa shape index (κ2) is 12.2. The van der Waals surface area contributed by atoms with Gasteiger partial charge in [0.1, 0.15) is 0 Å². The number of pyridine rings is 2. The van der Waals surface area contributed by atoms with Gasteiger partial charge in [-0.15, -0.1) is 0 Å². The van der Waals surface area contributed by atoms with Crippen molar-refractivity contribution in [2.75, 3.05) is 0 Å². The van der Waals surface area contributed by atoms with Gasteiger partial charge in [0.25, 0.3) is 0 Å². The lowest BCUT2D eigenvalue weighted by molar-refractivity contribution is 1.35. The van der Waals surface area contributed by atoms with Crippen LogP contribution in [0.3, 0.4) is 0 Å². The molecule has 146 valence electrons. The van der Waals surface area contributed by atoms with Crippen LogP contribution in [0.2, 0.25) is 0 Å². The molecule has 0 aliphatic heterocycles. The van der Waals surface area contributed by atoms with Crippen LogP contribution in [0.25, 0.3) is 21.5 Å². The van der Waals surface area contributed by atoms with E-state index >= 15 is 0 Å². The second-order valence-electron chi connectivity index (χ2n) is 5.84. The molecule has 0 bridgehead atoms. The zero-order valence-electron chi connectivity index (χ0n) is 15.3. The van der Waals surface area contributed by atoms with Gasteiger partial charge in [-0.3, -0.25) is 9.97 Å². The molecule has 0 spiro atoms. The number of benzene rings is 2. The topological polar surface area (TPSA) is 25.8 Å². The number of fused-ring (bicyclic) bond motifs is 2. The van der Waals surface area contributed by atoms with E-state index in [9.17, 15) is 0 Å². The van der Waals surface area contributed by atoms with Crippen molar-refractivity contribution in [1.82, 2.24) is 9.97 Å². The number of nitrogens with zero attached hydrogens (tertiary/aromatic N) is 2. The first kappa shape index (κ1) is 23.7. The zero-order chi connectivity index (χ0) is 21.3. The van der Waals surface area contributed by atoms with Crippen molar-refractivity contribution >= 4 is 112 Å². The van der Waals surface area contributed by atoms with Crippen LogP contribution in [0.1, 0.15) is 11.1 Å². The molecule has 0 unspecified atom stereocenters. The maximum Gasteiger partial charge on any atom is 0.0709 e. The molecule has 6 heteroatoms. The number of hydrogen-bond donors (Lipinski definition) is 0. The van der Waals surface area contributed by atoms with Gasteiger partial charge in [0, 0.05) is 46.3 Å². The molecule has 0 saturated heterocycles. The molecule has 2 heterocycles. The summed E-state index contributed by atoms with van der Waals surface area (Å²) in [5, 5.41) is 4.34. The Hall–Kier alpha value is -0.960. The van der Waals surface area contributed by atoms with E-state index in [4.69, 9.17) is 0 Å². The van der Waals surface area contributed by atoms with E-state index in [1.807, 2.05) is 60.9 Å². The highest BCUT2D eigenvalue weighted by atomic mass is 127. The smallest absolute Gasteiger partial charge is 0.0709 e. The first-order valence-corrected chi connectivity index (χ1v) is 12.9. The average molecular weight is 836 g/mol. The molecule has 2 aromatic carbocycles. The summed E-state index contributed by atoms with van der Waals surface area (Å²) in [6, 6.07) is 16.1. The maximum atomic E-state index is 4.23. The quantitative estimate of drug-likeness (QED) is 0.133. The standard InChI is InChI=1S/C22H12N2.C2I4/c1(7-17-13-23-15-19-9-3-5-11-21(17)19)2-8-18-14-24-16-20-10-4-6-12-22(18)20;3-1(4)2(5)6/h3-6,9-16H;. The van der Waals surface area contributed by atoms with Gasteiger partial charge in [-0.2, -0.15) is 0 Å². The highest BCUT2D eigenvalue weighted by Crippen LogP contribution is 2.29. The van der Waals surface area contributed by atoms with Crippen molar-refractivity contribution in [3.8, 4) is 23.7 Å². The summed E-state index contributed by atoms with van der Waals surface area (Å²) in [6.45, 7) is 0. The average Bonchev–Trinajstić information content (AvgIpc) is 2.77. The van der Waals surface area contributed by atoms with Gasteiger partial charge in [0.15, 0.2) is 0 Å². The number of rotatable bonds is 0. The van der Waals surface area contributed by atoms with Crippen LogP contribution >= 0.6 is 90.4 Å². The molecule has 2 nitrogen and oxygen atoms in total. The molecule has 4 aromatic rings. The maximum absolute atomic E-state index is 4.23. The van der Waals surface area contributed by atoms with Gasteiger partial charge in [-0.1, -0.05) is 60.4 Å². The van der Waals surface area contributed by atoms with Gasteiger partial charge < -0.3 is 0 Å².